The minimum Gasteiger partial charge on any atom is -1.00 e. The molecule has 0 spiro atoms. The van der Waals surface area contributed by atoms with Crippen molar-refractivity contribution in [1.29, 1.82) is 0 Å². The summed E-state index contributed by atoms with van der Waals surface area (Å²) >= 11 is 0. The Morgan fingerprint density at radius 2 is 1.73 bits per heavy atom. The van der Waals surface area contributed by atoms with Crippen LogP contribution in [-0.2, 0) is 30.7 Å². The maximum Gasteiger partial charge on any atom is 0.231 e. The van der Waals surface area contributed by atoms with Gasteiger partial charge in [0, 0.05) is 23.8 Å². The number of nitrogens with zero attached hydrogens (tertiary/aromatic N) is 1. The lowest BCUT2D eigenvalue weighted by atomic mass is 9.90. The van der Waals surface area contributed by atoms with Crippen LogP contribution in [0.4, 0.5) is 0 Å². The molecule has 0 saturated heterocycles. The van der Waals surface area contributed by atoms with E-state index in [2.05, 4.69) is 29.0 Å². The molecule has 0 fully saturated rings. The third-order valence-electron chi connectivity index (χ3n) is 6.94. The van der Waals surface area contributed by atoms with Crippen molar-refractivity contribution < 1.29 is 57.3 Å². The Labute approximate surface area is 232 Å². The first-order chi connectivity index (χ1) is 17.7. The topological polar surface area (TPSA) is 70.3 Å². The lowest BCUT2D eigenvalue weighted by Crippen LogP contribution is -3.00. The Morgan fingerprint density at radius 1 is 0.946 bits per heavy atom. The molecule has 3 heterocycles. The molecule has 3 aromatic carbocycles. The van der Waals surface area contributed by atoms with Gasteiger partial charge in [0.05, 0.1) is 38.4 Å². The normalized spacial score (nSPS) is 13.0. The maximum absolute atomic E-state index is 9.53. The zero-order valence-electron chi connectivity index (χ0n) is 20.8. The van der Waals surface area contributed by atoms with Crippen molar-refractivity contribution in [3.05, 3.63) is 71.4 Å². The van der Waals surface area contributed by atoms with Crippen LogP contribution in [0.25, 0.3) is 22.0 Å². The molecule has 0 amide bonds. The van der Waals surface area contributed by atoms with E-state index in [0.717, 1.165) is 52.1 Å². The monoisotopic (exact) mass is 613 g/mol. The van der Waals surface area contributed by atoms with Crippen LogP contribution in [0.2, 0.25) is 0 Å². The molecule has 0 atom stereocenters. The van der Waals surface area contributed by atoms with E-state index >= 15 is 0 Å². The number of aromatic hydroxyl groups is 1. The molecule has 0 unspecified atom stereocenters. The lowest BCUT2D eigenvalue weighted by Gasteiger charge is -2.21. The van der Waals surface area contributed by atoms with E-state index < -0.39 is 0 Å². The summed E-state index contributed by atoms with van der Waals surface area (Å²) < 4.78 is 31.1. The molecule has 8 heteroatoms. The van der Waals surface area contributed by atoms with Crippen molar-refractivity contribution in [1.82, 2.24) is 0 Å². The average Bonchev–Trinajstić information content (AvgIpc) is 3.36. The van der Waals surface area contributed by atoms with Crippen molar-refractivity contribution in [2.24, 2.45) is 0 Å². The highest BCUT2D eigenvalue weighted by molar-refractivity contribution is 5.95. The minimum atomic E-state index is 0. The highest BCUT2D eigenvalue weighted by atomic mass is 127. The Hall–Kier alpha value is -3.24. The van der Waals surface area contributed by atoms with E-state index in [1.165, 1.54) is 16.8 Å². The summed E-state index contributed by atoms with van der Waals surface area (Å²) in [7, 11) is 3.34. The summed E-state index contributed by atoms with van der Waals surface area (Å²) in [6.45, 7) is 2.12. The van der Waals surface area contributed by atoms with Gasteiger partial charge in [-0.1, -0.05) is 12.1 Å². The third-order valence-corrected chi connectivity index (χ3v) is 6.94. The molecule has 6 rings (SSSR count). The Bertz CT molecular complexity index is 1450. The van der Waals surface area contributed by atoms with Gasteiger partial charge in [-0.05, 0) is 47.5 Å². The van der Waals surface area contributed by atoms with Gasteiger partial charge < -0.3 is 52.8 Å². The molecule has 0 aliphatic carbocycles. The summed E-state index contributed by atoms with van der Waals surface area (Å²) in [5, 5.41) is 11.7. The van der Waals surface area contributed by atoms with Crippen molar-refractivity contribution in [2.45, 2.75) is 26.0 Å². The summed E-state index contributed by atoms with van der Waals surface area (Å²) in [5.74, 6) is 3.28. The van der Waals surface area contributed by atoms with Gasteiger partial charge >= 0.3 is 0 Å². The van der Waals surface area contributed by atoms with Crippen LogP contribution in [0.5, 0.6) is 28.7 Å². The second-order valence-electron chi connectivity index (χ2n) is 8.99. The smallest absolute Gasteiger partial charge is 0.231 e. The van der Waals surface area contributed by atoms with Gasteiger partial charge in [0.2, 0.25) is 12.5 Å². The van der Waals surface area contributed by atoms with Crippen molar-refractivity contribution >= 4 is 10.8 Å². The Balaban J connectivity index is 0.00000280. The number of fused-ring (bicyclic) bond motifs is 5. The first-order valence-electron chi connectivity index (χ1n) is 12.0. The number of phenolic OH excluding ortho intramolecular Hbond substituents is 1. The molecule has 1 N–H and O–H groups in total. The number of rotatable bonds is 7. The van der Waals surface area contributed by atoms with Gasteiger partial charge in [0.25, 0.3) is 0 Å². The van der Waals surface area contributed by atoms with Gasteiger partial charge in [-0.3, -0.25) is 0 Å². The van der Waals surface area contributed by atoms with Crippen molar-refractivity contribution in [3.8, 4) is 40.0 Å². The lowest BCUT2D eigenvalue weighted by molar-refractivity contribution is -0.686. The summed E-state index contributed by atoms with van der Waals surface area (Å²) in [6.07, 6.45) is 3.78. The summed E-state index contributed by atoms with van der Waals surface area (Å²) in [6, 6.07) is 15.4. The molecule has 0 radical (unpaired) electrons. The second-order valence-corrected chi connectivity index (χ2v) is 8.99. The highest BCUT2D eigenvalue weighted by Crippen LogP contribution is 2.43. The van der Waals surface area contributed by atoms with Crippen LogP contribution < -0.4 is 47.5 Å². The van der Waals surface area contributed by atoms with Crippen LogP contribution in [0.3, 0.4) is 0 Å². The molecule has 2 aliphatic rings. The van der Waals surface area contributed by atoms with Crippen molar-refractivity contribution in [2.75, 3.05) is 27.6 Å². The molecule has 0 saturated carbocycles. The van der Waals surface area contributed by atoms with E-state index in [1.807, 2.05) is 18.2 Å². The molecule has 4 aromatic rings. The van der Waals surface area contributed by atoms with E-state index in [0.29, 0.717) is 25.4 Å². The van der Waals surface area contributed by atoms with Gasteiger partial charge in [-0.25, -0.2) is 0 Å². The predicted octanol–water partition coefficient (Wildman–Crippen LogP) is 1.57. The van der Waals surface area contributed by atoms with Crippen LogP contribution in [0, 0.1) is 0 Å². The molecule has 0 bridgehead atoms. The third kappa shape index (κ3) is 4.64. The fourth-order valence-corrected chi connectivity index (χ4v) is 5.22. The number of pyridine rings is 1. The molecular weight excluding hydrogens is 585 g/mol. The average molecular weight is 613 g/mol. The summed E-state index contributed by atoms with van der Waals surface area (Å²) in [5.41, 5.74) is 5.80. The van der Waals surface area contributed by atoms with Crippen LogP contribution in [0.15, 0.2) is 54.7 Å². The number of halogens is 1. The maximum atomic E-state index is 9.53. The molecule has 37 heavy (non-hydrogen) atoms. The fraction of sp³-hybridized carbons (Fsp3) is 0.276. The molecule has 2 aliphatic heterocycles. The first-order valence-corrected chi connectivity index (χ1v) is 12.0. The van der Waals surface area contributed by atoms with Crippen LogP contribution >= 0.6 is 0 Å². The van der Waals surface area contributed by atoms with E-state index in [9.17, 15) is 5.11 Å². The fourth-order valence-electron chi connectivity index (χ4n) is 5.22. The van der Waals surface area contributed by atoms with E-state index in [4.69, 9.17) is 23.7 Å². The number of aryl methyl sites for hydroxylation is 2. The number of ether oxygens (including phenoxy) is 5. The largest absolute Gasteiger partial charge is 1.00 e. The van der Waals surface area contributed by atoms with Crippen LogP contribution in [0.1, 0.15) is 16.7 Å². The Kier molecular flexibility index (Phi) is 7.30. The highest BCUT2D eigenvalue weighted by Gasteiger charge is 2.32. The molecule has 1 aromatic heterocycles. The van der Waals surface area contributed by atoms with Gasteiger partial charge in [-0.2, -0.15) is 4.57 Å². The number of hydrogen-bond acceptors (Lipinski definition) is 6. The van der Waals surface area contributed by atoms with E-state index in [1.54, 1.807) is 26.4 Å². The predicted molar refractivity (Wildman–Crippen MR) is 134 cm³/mol. The molecular formula is C29H28INO6. The van der Waals surface area contributed by atoms with E-state index in [-0.39, 0.29) is 36.5 Å². The van der Waals surface area contributed by atoms with Crippen LogP contribution in [-0.4, -0.2) is 32.7 Å². The number of hydrogen-bond donors (Lipinski definition) is 1. The number of methoxy groups -OCH3 is 2. The van der Waals surface area contributed by atoms with Gasteiger partial charge in [-0.15, -0.1) is 0 Å². The molecule has 192 valence electrons. The van der Waals surface area contributed by atoms with Gasteiger partial charge in [0.15, 0.2) is 35.7 Å². The zero-order chi connectivity index (χ0) is 24.6. The standard InChI is InChI=1S/C29H27NO6.HI/c1-32-25-8-7-21-22(10-12-34-16-18-3-5-20(31)6-4-18)28-23-14-27-26(35-17-36-27)13-19(23)9-11-30(28)15-24(21)29(25)33-2;/h3-8,13-15H,9-12,16-17H2,1-2H3;1H. The molecule has 7 nitrogen and oxygen atoms in total. The van der Waals surface area contributed by atoms with Gasteiger partial charge in [0.1, 0.15) is 5.75 Å². The number of benzene rings is 3. The number of phenols is 1. The SMILES string of the molecule is COc1ccc2c(CCOCc3ccc(O)cc3)c3[n+](cc2c1OC)CCc1cc2c(cc1-3)OCO2.[I-]. The minimum absolute atomic E-state index is 0. The second kappa shape index (κ2) is 10.6. The number of aromatic nitrogens is 1. The quantitative estimate of drug-likeness (QED) is 0.194. The van der Waals surface area contributed by atoms with Crippen molar-refractivity contribution in [3.63, 3.8) is 0 Å². The summed E-state index contributed by atoms with van der Waals surface area (Å²) in [4.78, 5) is 0. The zero-order valence-corrected chi connectivity index (χ0v) is 22.9. The first kappa shape index (κ1) is 25.4. The Morgan fingerprint density at radius 3 is 2.49 bits per heavy atom.